The Hall–Kier alpha value is -2.94. The van der Waals surface area contributed by atoms with Gasteiger partial charge in [-0.1, -0.05) is 19.1 Å². The molecule has 8 nitrogen and oxygen atoms in total. The van der Waals surface area contributed by atoms with Gasteiger partial charge in [-0.3, -0.25) is 15.2 Å². The van der Waals surface area contributed by atoms with Gasteiger partial charge in [0, 0.05) is 32.0 Å². The van der Waals surface area contributed by atoms with Crippen molar-refractivity contribution in [3.8, 4) is 0 Å². The van der Waals surface area contributed by atoms with E-state index < -0.39 is 10.0 Å². The van der Waals surface area contributed by atoms with Crippen molar-refractivity contribution in [3.05, 3.63) is 59.9 Å². The van der Waals surface area contributed by atoms with Gasteiger partial charge < -0.3 is 10.2 Å². The normalized spacial score (nSPS) is 14.3. The maximum Gasteiger partial charge on any atom is 0.266 e. The molecule has 2 heterocycles. The third kappa shape index (κ3) is 4.73. The molecule has 1 aromatic carbocycles. The molecule has 154 valence electrons. The lowest BCUT2D eigenvalue weighted by Gasteiger charge is -2.21. The van der Waals surface area contributed by atoms with E-state index in [-0.39, 0.29) is 16.8 Å². The van der Waals surface area contributed by atoms with Crippen LogP contribution in [0.5, 0.6) is 0 Å². The molecule has 0 aliphatic carbocycles. The summed E-state index contributed by atoms with van der Waals surface area (Å²) < 4.78 is 26.9. The van der Waals surface area contributed by atoms with Gasteiger partial charge in [0.25, 0.3) is 15.9 Å². The number of rotatable bonds is 8. The van der Waals surface area contributed by atoms with Gasteiger partial charge in [-0.25, -0.2) is 12.7 Å². The molecule has 1 aliphatic heterocycles. The minimum absolute atomic E-state index is 0.0361. The number of amides is 1. The van der Waals surface area contributed by atoms with E-state index in [9.17, 15) is 13.2 Å². The summed E-state index contributed by atoms with van der Waals surface area (Å²) in [5, 5.41) is 11.0. The molecule has 0 radical (unpaired) electrons. The molecular weight excluding hydrogens is 390 g/mol. The molecule has 2 N–H and O–H groups in total. The summed E-state index contributed by atoms with van der Waals surface area (Å²) >= 11 is 0. The molecule has 29 heavy (non-hydrogen) atoms. The predicted octanol–water partition coefficient (Wildman–Crippen LogP) is 1.71. The van der Waals surface area contributed by atoms with Gasteiger partial charge in [0.1, 0.15) is 0 Å². The van der Waals surface area contributed by atoms with E-state index >= 15 is 0 Å². The van der Waals surface area contributed by atoms with Gasteiger partial charge in [-0.2, -0.15) is 0 Å². The van der Waals surface area contributed by atoms with Crippen LogP contribution in [0.2, 0.25) is 0 Å². The molecule has 1 aromatic heterocycles. The molecule has 9 heteroatoms. The smallest absolute Gasteiger partial charge is 0.266 e. The molecule has 1 amide bonds. The van der Waals surface area contributed by atoms with Crippen molar-refractivity contribution in [2.45, 2.75) is 24.7 Å². The van der Waals surface area contributed by atoms with Crippen LogP contribution in [0.15, 0.2) is 53.7 Å². The second-order valence-electron chi connectivity index (χ2n) is 6.78. The first-order chi connectivity index (χ1) is 13.9. The van der Waals surface area contributed by atoms with E-state index in [1.165, 1.54) is 6.20 Å². The van der Waals surface area contributed by atoms with Gasteiger partial charge in [-0.05, 0) is 42.7 Å². The summed E-state index contributed by atoms with van der Waals surface area (Å²) in [6.45, 7) is 3.95. The van der Waals surface area contributed by atoms with Crippen LogP contribution in [-0.2, 0) is 16.4 Å². The molecular formula is C20H25N5O3S. The number of hydrogen-bond acceptors (Lipinski definition) is 5. The van der Waals surface area contributed by atoms with Crippen molar-refractivity contribution in [2.24, 2.45) is 0 Å². The van der Waals surface area contributed by atoms with E-state index in [1.807, 2.05) is 6.92 Å². The van der Waals surface area contributed by atoms with Gasteiger partial charge >= 0.3 is 0 Å². The highest BCUT2D eigenvalue weighted by atomic mass is 32.2. The zero-order valence-corrected chi connectivity index (χ0v) is 17.2. The van der Waals surface area contributed by atoms with Gasteiger partial charge in [0.2, 0.25) is 5.96 Å². The Morgan fingerprint density at radius 3 is 2.62 bits per heavy atom. The highest BCUT2D eigenvalue weighted by molar-refractivity contribution is 7.89. The van der Waals surface area contributed by atoms with Crippen LogP contribution < -0.4 is 5.32 Å². The quantitative estimate of drug-likeness (QED) is 0.683. The maximum absolute atomic E-state index is 12.9. The lowest BCUT2D eigenvalue weighted by molar-refractivity contribution is 0.0953. The summed E-state index contributed by atoms with van der Waals surface area (Å²) in [6, 6.07) is 10.0. The summed E-state index contributed by atoms with van der Waals surface area (Å²) in [7, 11) is -3.74. The number of nitrogens with zero attached hydrogens (tertiary/aromatic N) is 3. The van der Waals surface area contributed by atoms with E-state index in [0.29, 0.717) is 38.2 Å². The Morgan fingerprint density at radius 2 is 1.97 bits per heavy atom. The number of carbonyl (C=O) groups excluding carboxylic acids is 1. The Bertz CT molecular complexity index is 961. The van der Waals surface area contributed by atoms with Gasteiger partial charge in [0.15, 0.2) is 0 Å². The summed E-state index contributed by atoms with van der Waals surface area (Å²) in [4.78, 5) is 17.9. The third-order valence-electron chi connectivity index (χ3n) is 4.74. The number of hydrogen-bond donors (Lipinski definition) is 2. The van der Waals surface area contributed by atoms with Crippen LogP contribution in [0.3, 0.4) is 0 Å². The number of pyridine rings is 1. The topological polar surface area (TPSA) is 106 Å². The molecule has 0 unspecified atom stereocenters. The number of nitrogens with one attached hydrogen (secondary N) is 2. The maximum atomic E-state index is 12.9. The van der Waals surface area contributed by atoms with Crippen LogP contribution in [0, 0.1) is 5.41 Å². The number of benzene rings is 1. The molecule has 0 atom stereocenters. The molecule has 0 saturated carbocycles. The lowest BCUT2D eigenvalue weighted by Crippen LogP contribution is -2.37. The van der Waals surface area contributed by atoms with Crippen molar-refractivity contribution in [2.75, 3.05) is 26.2 Å². The summed E-state index contributed by atoms with van der Waals surface area (Å²) in [6.07, 6.45) is 4.56. The number of aromatic nitrogens is 1. The number of carbonyl (C=O) groups is 1. The second kappa shape index (κ2) is 9.04. The van der Waals surface area contributed by atoms with E-state index in [0.717, 1.165) is 16.3 Å². The van der Waals surface area contributed by atoms with Crippen molar-refractivity contribution >= 4 is 21.9 Å². The predicted molar refractivity (Wildman–Crippen MR) is 110 cm³/mol. The zero-order chi connectivity index (χ0) is 20.9. The van der Waals surface area contributed by atoms with Crippen molar-refractivity contribution < 1.29 is 13.2 Å². The highest BCUT2D eigenvalue weighted by Gasteiger charge is 2.34. The Balaban J connectivity index is 1.58. The van der Waals surface area contributed by atoms with E-state index in [4.69, 9.17) is 5.41 Å². The van der Waals surface area contributed by atoms with Crippen LogP contribution >= 0.6 is 0 Å². The molecule has 1 fully saturated rings. The average molecular weight is 416 g/mol. The first-order valence-corrected chi connectivity index (χ1v) is 11.0. The lowest BCUT2D eigenvalue weighted by atomic mass is 10.1. The summed E-state index contributed by atoms with van der Waals surface area (Å²) in [5.41, 5.74) is 1.42. The molecule has 1 aliphatic rings. The minimum atomic E-state index is -3.74. The molecule has 3 rings (SSSR count). The van der Waals surface area contributed by atoms with Crippen LogP contribution in [0.4, 0.5) is 0 Å². The van der Waals surface area contributed by atoms with E-state index in [1.54, 1.807) is 47.5 Å². The van der Waals surface area contributed by atoms with Crippen LogP contribution in [0.1, 0.15) is 29.3 Å². The Kier molecular flexibility index (Phi) is 6.48. The highest BCUT2D eigenvalue weighted by Crippen LogP contribution is 2.21. The van der Waals surface area contributed by atoms with Gasteiger partial charge in [-0.15, -0.1) is 0 Å². The van der Waals surface area contributed by atoms with Crippen molar-refractivity contribution in [3.63, 3.8) is 0 Å². The Morgan fingerprint density at radius 1 is 1.21 bits per heavy atom. The summed E-state index contributed by atoms with van der Waals surface area (Å²) in [5.74, 6) is -0.157. The molecule has 0 bridgehead atoms. The first-order valence-electron chi connectivity index (χ1n) is 9.57. The molecule has 2 aromatic rings. The largest absolute Gasteiger partial charge is 0.352 e. The van der Waals surface area contributed by atoms with Crippen LogP contribution in [-0.4, -0.2) is 60.7 Å². The zero-order valence-electron chi connectivity index (χ0n) is 16.3. The van der Waals surface area contributed by atoms with Crippen molar-refractivity contribution in [1.82, 2.24) is 19.5 Å². The number of sulfonamides is 1. The number of guanidine groups is 1. The standard InChI is InChI=1S/C20H25N5O3S/c1-2-12-24-13-14-25(20(24)21)29(27,28)18-7-5-16(6-8-18)9-11-23-19(26)17-4-3-10-22-15-17/h3-8,10,15,21H,2,9,11-14H2,1H3,(H,23,26). The fraction of sp³-hybridized carbons (Fsp3) is 0.350. The molecule has 0 spiro atoms. The molecule has 1 saturated heterocycles. The SMILES string of the molecule is CCCN1CCN(S(=O)(=O)c2ccc(CCNC(=O)c3cccnc3)cc2)C1=N. The second-order valence-corrected chi connectivity index (χ2v) is 8.64. The third-order valence-corrected chi connectivity index (χ3v) is 6.54. The fourth-order valence-corrected chi connectivity index (χ4v) is 4.58. The van der Waals surface area contributed by atoms with E-state index in [2.05, 4.69) is 10.3 Å². The first kappa shape index (κ1) is 20.8. The fourth-order valence-electron chi connectivity index (χ4n) is 3.18. The van der Waals surface area contributed by atoms with Crippen molar-refractivity contribution in [1.29, 1.82) is 5.41 Å². The average Bonchev–Trinajstić information content (AvgIpc) is 3.10. The van der Waals surface area contributed by atoms with Gasteiger partial charge in [0.05, 0.1) is 17.0 Å². The monoisotopic (exact) mass is 415 g/mol. The Labute approximate surface area is 171 Å². The van der Waals surface area contributed by atoms with Crippen LogP contribution in [0.25, 0.3) is 0 Å². The minimum Gasteiger partial charge on any atom is -0.352 e.